The zero-order valence-corrected chi connectivity index (χ0v) is 17.1. The molecule has 3 amide bonds. The highest BCUT2D eigenvalue weighted by Gasteiger charge is 2.53. The van der Waals surface area contributed by atoms with Crippen LogP contribution in [-0.2, 0) is 22.4 Å². The summed E-state index contributed by atoms with van der Waals surface area (Å²) in [4.78, 5) is 47.6. The third kappa shape index (κ3) is 2.85. The molecule has 3 aliphatic rings. The zero-order chi connectivity index (χ0) is 20.2. The molecule has 3 heterocycles. The molecule has 1 aliphatic carbocycles. The Morgan fingerprint density at radius 1 is 1.21 bits per heavy atom. The normalized spacial score (nSPS) is 22.9. The van der Waals surface area contributed by atoms with Gasteiger partial charge in [-0.2, -0.15) is 0 Å². The van der Waals surface area contributed by atoms with E-state index in [0.29, 0.717) is 29.2 Å². The summed E-state index contributed by atoms with van der Waals surface area (Å²) in [6, 6.07) is 7.11. The molecule has 1 aromatic heterocycles. The van der Waals surface area contributed by atoms with Crippen LogP contribution in [0.25, 0.3) is 0 Å². The smallest absolute Gasteiger partial charge is 0.258 e. The molecule has 1 saturated heterocycles. The number of thiazole rings is 1. The maximum Gasteiger partial charge on any atom is 0.258 e. The van der Waals surface area contributed by atoms with Crippen LogP contribution in [0.2, 0.25) is 0 Å². The first-order valence-electron chi connectivity index (χ1n) is 10.00. The van der Waals surface area contributed by atoms with Gasteiger partial charge in [-0.1, -0.05) is 12.1 Å². The van der Waals surface area contributed by atoms with Gasteiger partial charge in [0.05, 0.1) is 16.9 Å². The van der Waals surface area contributed by atoms with E-state index >= 15 is 0 Å². The number of amides is 3. The van der Waals surface area contributed by atoms with Gasteiger partial charge < -0.3 is 10.2 Å². The van der Waals surface area contributed by atoms with Gasteiger partial charge in [0.1, 0.15) is 12.2 Å². The minimum atomic E-state index is -0.831. The topological polar surface area (TPSA) is 82.6 Å². The van der Waals surface area contributed by atoms with E-state index in [4.69, 9.17) is 0 Å². The highest BCUT2D eigenvalue weighted by Crippen LogP contribution is 2.43. The first kappa shape index (κ1) is 18.3. The SMILES string of the molecule is C[C@@]12CCC(=O)N1c1ccccc1C(=O)N2CC(=O)Nc1nc2c(s1)CCCC2. The van der Waals surface area contributed by atoms with Gasteiger partial charge in [0.15, 0.2) is 5.13 Å². The predicted octanol–water partition coefficient (Wildman–Crippen LogP) is 2.96. The molecule has 29 heavy (non-hydrogen) atoms. The van der Waals surface area contributed by atoms with E-state index in [-0.39, 0.29) is 24.3 Å². The van der Waals surface area contributed by atoms with Gasteiger partial charge in [-0.25, -0.2) is 4.98 Å². The molecule has 1 atom stereocenters. The summed E-state index contributed by atoms with van der Waals surface area (Å²) in [7, 11) is 0. The maximum absolute atomic E-state index is 13.2. The van der Waals surface area contributed by atoms with Crippen molar-refractivity contribution in [2.24, 2.45) is 0 Å². The molecule has 0 spiro atoms. The summed E-state index contributed by atoms with van der Waals surface area (Å²) in [6.45, 7) is 1.75. The second-order valence-electron chi connectivity index (χ2n) is 8.00. The Balaban J connectivity index is 1.41. The van der Waals surface area contributed by atoms with E-state index in [9.17, 15) is 14.4 Å². The van der Waals surface area contributed by atoms with Gasteiger partial charge in [-0.05, 0) is 51.2 Å². The average Bonchev–Trinajstić information content (AvgIpc) is 3.25. The number of fused-ring (bicyclic) bond motifs is 4. The number of anilines is 2. The predicted molar refractivity (Wildman–Crippen MR) is 110 cm³/mol. The number of aromatic nitrogens is 1. The van der Waals surface area contributed by atoms with E-state index in [1.807, 2.05) is 13.0 Å². The molecule has 2 aromatic rings. The van der Waals surface area contributed by atoms with Crippen LogP contribution < -0.4 is 10.2 Å². The van der Waals surface area contributed by atoms with Crippen molar-refractivity contribution in [2.75, 3.05) is 16.8 Å². The number of hydrogen-bond donors (Lipinski definition) is 1. The lowest BCUT2D eigenvalue weighted by atomic mass is 9.98. The highest BCUT2D eigenvalue weighted by atomic mass is 32.1. The van der Waals surface area contributed by atoms with Crippen molar-refractivity contribution in [3.8, 4) is 0 Å². The van der Waals surface area contributed by atoms with E-state index < -0.39 is 5.66 Å². The van der Waals surface area contributed by atoms with E-state index in [2.05, 4.69) is 10.3 Å². The molecule has 0 unspecified atom stereocenters. The summed E-state index contributed by atoms with van der Waals surface area (Å²) < 4.78 is 0. The van der Waals surface area contributed by atoms with Gasteiger partial charge in [0.25, 0.3) is 5.91 Å². The lowest BCUT2D eigenvalue weighted by Gasteiger charge is -2.48. The molecule has 1 fully saturated rings. The van der Waals surface area contributed by atoms with Crippen LogP contribution in [0.4, 0.5) is 10.8 Å². The number of nitrogens with zero attached hydrogens (tertiary/aromatic N) is 3. The number of hydrogen-bond acceptors (Lipinski definition) is 5. The Morgan fingerprint density at radius 3 is 2.83 bits per heavy atom. The molecule has 0 radical (unpaired) electrons. The fourth-order valence-corrected chi connectivity index (χ4v) is 5.72. The first-order valence-corrected chi connectivity index (χ1v) is 10.8. The monoisotopic (exact) mass is 410 g/mol. The quantitative estimate of drug-likeness (QED) is 0.843. The largest absolute Gasteiger partial charge is 0.306 e. The van der Waals surface area contributed by atoms with Gasteiger partial charge >= 0.3 is 0 Å². The number of carbonyl (C=O) groups excluding carboxylic acids is 3. The van der Waals surface area contributed by atoms with Crippen LogP contribution in [0.15, 0.2) is 24.3 Å². The van der Waals surface area contributed by atoms with Crippen molar-refractivity contribution in [1.29, 1.82) is 0 Å². The van der Waals surface area contributed by atoms with E-state index in [1.54, 1.807) is 23.1 Å². The summed E-state index contributed by atoms with van der Waals surface area (Å²) in [5.41, 5.74) is 1.34. The van der Waals surface area contributed by atoms with Gasteiger partial charge in [0, 0.05) is 11.3 Å². The van der Waals surface area contributed by atoms with Crippen LogP contribution in [0, 0.1) is 0 Å². The maximum atomic E-state index is 13.2. The summed E-state index contributed by atoms with van der Waals surface area (Å²) in [5.74, 6) is -0.530. The molecule has 7 nitrogen and oxygen atoms in total. The molecule has 5 rings (SSSR count). The minimum absolute atomic E-state index is 0.0227. The van der Waals surface area contributed by atoms with Crippen molar-refractivity contribution in [1.82, 2.24) is 9.88 Å². The number of aryl methyl sites for hydroxylation is 2. The molecule has 2 aliphatic heterocycles. The molecule has 150 valence electrons. The van der Waals surface area contributed by atoms with Crippen LogP contribution in [-0.4, -0.2) is 39.8 Å². The Labute approximate surface area is 172 Å². The van der Waals surface area contributed by atoms with Crippen molar-refractivity contribution >= 4 is 39.9 Å². The van der Waals surface area contributed by atoms with Crippen molar-refractivity contribution in [3.63, 3.8) is 0 Å². The van der Waals surface area contributed by atoms with Gasteiger partial charge in [-0.15, -0.1) is 11.3 Å². The van der Waals surface area contributed by atoms with Crippen LogP contribution in [0.5, 0.6) is 0 Å². The fraction of sp³-hybridized carbons (Fsp3) is 0.429. The number of benzene rings is 1. The number of para-hydroxylation sites is 1. The van der Waals surface area contributed by atoms with Crippen LogP contribution in [0.3, 0.4) is 0 Å². The highest BCUT2D eigenvalue weighted by molar-refractivity contribution is 7.15. The van der Waals surface area contributed by atoms with Crippen LogP contribution in [0.1, 0.15) is 53.5 Å². The average molecular weight is 410 g/mol. The molecule has 0 saturated carbocycles. The van der Waals surface area contributed by atoms with E-state index in [1.165, 1.54) is 21.1 Å². The fourth-order valence-electron chi connectivity index (χ4n) is 4.65. The van der Waals surface area contributed by atoms with Crippen molar-refractivity contribution in [3.05, 3.63) is 40.4 Å². The van der Waals surface area contributed by atoms with Gasteiger partial charge in [0.2, 0.25) is 11.8 Å². The molecular formula is C21H22N4O3S. The number of carbonyl (C=O) groups is 3. The summed E-state index contributed by atoms with van der Waals surface area (Å²) in [6.07, 6.45) is 5.12. The molecule has 1 N–H and O–H groups in total. The van der Waals surface area contributed by atoms with Crippen LogP contribution >= 0.6 is 11.3 Å². The second kappa shape index (κ2) is 6.66. The molecule has 1 aromatic carbocycles. The first-order chi connectivity index (χ1) is 14.0. The molecular weight excluding hydrogens is 388 g/mol. The zero-order valence-electron chi connectivity index (χ0n) is 16.2. The Bertz CT molecular complexity index is 1010. The summed E-state index contributed by atoms with van der Waals surface area (Å²) in [5, 5.41) is 3.46. The Kier molecular flexibility index (Phi) is 4.20. The Hall–Kier alpha value is -2.74. The Morgan fingerprint density at radius 2 is 2.00 bits per heavy atom. The lowest BCUT2D eigenvalue weighted by Crippen LogP contribution is -2.63. The number of rotatable bonds is 3. The number of nitrogens with one attached hydrogen (secondary N) is 1. The van der Waals surface area contributed by atoms with E-state index in [0.717, 1.165) is 31.4 Å². The second-order valence-corrected chi connectivity index (χ2v) is 9.08. The minimum Gasteiger partial charge on any atom is -0.306 e. The van der Waals surface area contributed by atoms with Crippen molar-refractivity contribution < 1.29 is 14.4 Å². The standard InChI is InChI=1S/C21H22N4O3S/c1-21-11-10-18(27)25(21)15-8-4-2-6-13(15)19(28)24(21)12-17(26)23-20-22-14-7-3-5-9-16(14)29-20/h2,4,6,8H,3,5,7,9-12H2,1H3,(H,22,23,26)/t21-/m0/s1. The molecule has 8 heteroatoms. The third-order valence-electron chi connectivity index (χ3n) is 6.14. The lowest BCUT2D eigenvalue weighted by molar-refractivity contribution is -0.120. The molecule has 0 bridgehead atoms. The van der Waals surface area contributed by atoms with Crippen molar-refractivity contribution in [2.45, 2.75) is 51.1 Å². The third-order valence-corrected chi connectivity index (χ3v) is 7.21. The summed E-state index contributed by atoms with van der Waals surface area (Å²) >= 11 is 1.52. The van der Waals surface area contributed by atoms with Gasteiger partial charge in [-0.3, -0.25) is 19.3 Å².